The molecule has 0 aromatic carbocycles. The molecule has 1 N–H and O–H groups in total. The molecule has 15 heavy (non-hydrogen) atoms. The number of fused-ring (bicyclic) bond motifs is 1. The van der Waals surface area contributed by atoms with Crippen LogP contribution in [0.1, 0.15) is 18.9 Å². The summed E-state index contributed by atoms with van der Waals surface area (Å²) in [5.74, 6) is 0. The van der Waals surface area contributed by atoms with Crippen LogP contribution in [0, 0.1) is 0 Å². The number of hydrogen-bond acceptors (Lipinski definition) is 2. The monoisotopic (exact) mass is 201 g/mol. The Morgan fingerprint density at radius 3 is 3.00 bits per heavy atom. The summed E-state index contributed by atoms with van der Waals surface area (Å²) in [7, 11) is 0. The molecule has 0 aliphatic carbocycles. The van der Waals surface area contributed by atoms with Crippen LogP contribution >= 0.6 is 0 Å². The second-order valence-electron chi connectivity index (χ2n) is 4.14. The Hall–Kier alpha value is -1.35. The summed E-state index contributed by atoms with van der Waals surface area (Å²) in [6.45, 7) is 2.27. The SMILES string of the molecule is c1cc2c(ccn2C2CCNCC2)cn1. The largest absolute Gasteiger partial charge is 0.344 e. The Bertz CT molecular complexity index is 455. The van der Waals surface area contributed by atoms with Crippen LogP contribution in [0.2, 0.25) is 0 Å². The van der Waals surface area contributed by atoms with Gasteiger partial charge in [-0.05, 0) is 38.1 Å². The highest BCUT2D eigenvalue weighted by molar-refractivity contribution is 5.78. The number of nitrogens with one attached hydrogen (secondary N) is 1. The quantitative estimate of drug-likeness (QED) is 0.764. The van der Waals surface area contributed by atoms with Gasteiger partial charge in [0.2, 0.25) is 0 Å². The number of aromatic nitrogens is 2. The lowest BCUT2D eigenvalue weighted by Gasteiger charge is -2.25. The lowest BCUT2D eigenvalue weighted by atomic mass is 10.1. The predicted molar refractivity (Wildman–Crippen MR) is 60.9 cm³/mol. The minimum atomic E-state index is 0.658. The Morgan fingerprint density at radius 2 is 2.13 bits per heavy atom. The van der Waals surface area contributed by atoms with E-state index in [1.165, 1.54) is 23.7 Å². The second kappa shape index (κ2) is 3.66. The minimum Gasteiger partial charge on any atom is -0.344 e. The molecule has 0 atom stereocenters. The van der Waals surface area contributed by atoms with Crippen molar-refractivity contribution in [2.24, 2.45) is 0 Å². The van der Waals surface area contributed by atoms with E-state index >= 15 is 0 Å². The average molecular weight is 201 g/mol. The first-order valence-electron chi connectivity index (χ1n) is 5.56. The highest BCUT2D eigenvalue weighted by atomic mass is 15.0. The normalized spacial score (nSPS) is 18.4. The molecule has 3 nitrogen and oxygen atoms in total. The van der Waals surface area contributed by atoms with Crippen LogP contribution in [0.3, 0.4) is 0 Å². The highest BCUT2D eigenvalue weighted by Gasteiger charge is 2.15. The lowest BCUT2D eigenvalue weighted by molar-refractivity contribution is 0.376. The summed E-state index contributed by atoms with van der Waals surface area (Å²) in [6, 6.07) is 4.92. The minimum absolute atomic E-state index is 0.658. The van der Waals surface area contributed by atoms with Crippen molar-refractivity contribution in [2.75, 3.05) is 13.1 Å². The Morgan fingerprint density at radius 1 is 1.27 bits per heavy atom. The third-order valence-corrected chi connectivity index (χ3v) is 3.22. The van der Waals surface area contributed by atoms with Gasteiger partial charge in [0, 0.05) is 30.0 Å². The van der Waals surface area contributed by atoms with Crippen molar-refractivity contribution >= 4 is 10.9 Å². The molecule has 1 aliphatic rings. The van der Waals surface area contributed by atoms with E-state index in [-0.39, 0.29) is 0 Å². The summed E-state index contributed by atoms with van der Waals surface area (Å²) in [5.41, 5.74) is 1.32. The van der Waals surface area contributed by atoms with Crippen LogP contribution < -0.4 is 5.32 Å². The van der Waals surface area contributed by atoms with Crippen LogP contribution in [-0.2, 0) is 0 Å². The molecule has 0 radical (unpaired) electrons. The number of nitrogens with zero attached hydrogens (tertiary/aromatic N) is 2. The zero-order valence-electron chi connectivity index (χ0n) is 8.69. The van der Waals surface area contributed by atoms with Crippen molar-refractivity contribution in [3.05, 3.63) is 30.7 Å². The summed E-state index contributed by atoms with van der Waals surface area (Å²) in [5, 5.41) is 4.65. The van der Waals surface area contributed by atoms with E-state index in [1.54, 1.807) is 0 Å². The van der Waals surface area contributed by atoms with Gasteiger partial charge in [-0.2, -0.15) is 0 Å². The van der Waals surface area contributed by atoms with Gasteiger partial charge in [-0.15, -0.1) is 0 Å². The molecule has 0 amide bonds. The highest BCUT2D eigenvalue weighted by Crippen LogP contribution is 2.24. The van der Waals surface area contributed by atoms with Crippen molar-refractivity contribution in [1.29, 1.82) is 0 Å². The van der Waals surface area contributed by atoms with Gasteiger partial charge in [0.15, 0.2) is 0 Å². The van der Waals surface area contributed by atoms with Crippen LogP contribution in [0.5, 0.6) is 0 Å². The van der Waals surface area contributed by atoms with Crippen molar-refractivity contribution < 1.29 is 0 Å². The van der Waals surface area contributed by atoms with Gasteiger partial charge in [-0.1, -0.05) is 0 Å². The van der Waals surface area contributed by atoms with Gasteiger partial charge in [0.25, 0.3) is 0 Å². The molecule has 2 aromatic rings. The predicted octanol–water partition coefficient (Wildman–Crippen LogP) is 1.96. The number of hydrogen-bond donors (Lipinski definition) is 1. The molecule has 3 rings (SSSR count). The molecular weight excluding hydrogens is 186 g/mol. The fourth-order valence-corrected chi connectivity index (χ4v) is 2.41. The summed E-state index contributed by atoms with van der Waals surface area (Å²) in [4.78, 5) is 4.15. The molecule has 0 spiro atoms. The molecule has 0 saturated carbocycles. The van der Waals surface area contributed by atoms with E-state index in [1.807, 2.05) is 12.4 Å². The van der Waals surface area contributed by atoms with E-state index in [0.717, 1.165) is 13.1 Å². The van der Waals surface area contributed by atoms with Crippen LogP contribution in [0.4, 0.5) is 0 Å². The van der Waals surface area contributed by atoms with Gasteiger partial charge in [-0.25, -0.2) is 0 Å². The zero-order valence-corrected chi connectivity index (χ0v) is 8.69. The molecule has 0 bridgehead atoms. The average Bonchev–Trinajstić information content (AvgIpc) is 2.74. The van der Waals surface area contributed by atoms with Crippen molar-refractivity contribution in [3.63, 3.8) is 0 Å². The van der Waals surface area contributed by atoms with Gasteiger partial charge in [0.1, 0.15) is 0 Å². The van der Waals surface area contributed by atoms with E-state index in [9.17, 15) is 0 Å². The number of pyridine rings is 1. The molecule has 3 heteroatoms. The molecular formula is C12H15N3. The van der Waals surface area contributed by atoms with Crippen molar-refractivity contribution in [3.8, 4) is 0 Å². The van der Waals surface area contributed by atoms with Crippen LogP contribution in [0.15, 0.2) is 30.7 Å². The Balaban J connectivity index is 2.02. The summed E-state index contributed by atoms with van der Waals surface area (Å²) >= 11 is 0. The summed E-state index contributed by atoms with van der Waals surface area (Å²) in [6.07, 6.45) is 8.47. The van der Waals surface area contributed by atoms with E-state index < -0.39 is 0 Å². The molecule has 1 fully saturated rings. The second-order valence-corrected chi connectivity index (χ2v) is 4.14. The fraction of sp³-hybridized carbons (Fsp3) is 0.417. The Kier molecular flexibility index (Phi) is 2.18. The number of rotatable bonds is 1. The van der Waals surface area contributed by atoms with E-state index in [2.05, 4.69) is 33.2 Å². The van der Waals surface area contributed by atoms with E-state index in [4.69, 9.17) is 0 Å². The first-order chi connectivity index (χ1) is 7.45. The van der Waals surface area contributed by atoms with Crippen molar-refractivity contribution in [2.45, 2.75) is 18.9 Å². The maximum atomic E-state index is 4.15. The number of piperidine rings is 1. The standard InChI is InChI=1S/C12H15N3/c1-5-13-6-2-11(1)15-8-4-10-9-14-7-3-12(10)15/h3-4,7-9,11,13H,1-2,5-6H2. The Labute approximate surface area is 89.1 Å². The van der Waals surface area contributed by atoms with Gasteiger partial charge in [-0.3, -0.25) is 4.98 Å². The van der Waals surface area contributed by atoms with Crippen LogP contribution in [0.25, 0.3) is 10.9 Å². The van der Waals surface area contributed by atoms with Crippen molar-refractivity contribution in [1.82, 2.24) is 14.9 Å². The molecule has 3 heterocycles. The third kappa shape index (κ3) is 1.53. The third-order valence-electron chi connectivity index (χ3n) is 3.22. The maximum Gasteiger partial charge on any atom is 0.0513 e. The summed E-state index contributed by atoms with van der Waals surface area (Å²) < 4.78 is 2.40. The zero-order chi connectivity index (χ0) is 10.1. The molecule has 0 unspecified atom stereocenters. The smallest absolute Gasteiger partial charge is 0.0513 e. The van der Waals surface area contributed by atoms with Gasteiger partial charge >= 0.3 is 0 Å². The molecule has 78 valence electrons. The first kappa shape index (κ1) is 8.92. The molecule has 2 aromatic heterocycles. The lowest BCUT2D eigenvalue weighted by Crippen LogP contribution is -2.29. The van der Waals surface area contributed by atoms with Gasteiger partial charge in [0.05, 0.1) is 5.52 Å². The maximum absolute atomic E-state index is 4.15. The fourth-order valence-electron chi connectivity index (χ4n) is 2.41. The topological polar surface area (TPSA) is 29.9 Å². The molecule has 1 aliphatic heterocycles. The van der Waals surface area contributed by atoms with Crippen LogP contribution in [-0.4, -0.2) is 22.6 Å². The molecule has 1 saturated heterocycles. The van der Waals surface area contributed by atoms with Gasteiger partial charge < -0.3 is 9.88 Å². The first-order valence-corrected chi connectivity index (χ1v) is 5.56. The van der Waals surface area contributed by atoms with E-state index in [0.29, 0.717) is 6.04 Å².